The van der Waals surface area contributed by atoms with Gasteiger partial charge in [0, 0.05) is 17.7 Å². The normalized spacial score (nSPS) is 15.5. The molecule has 6 rings (SSSR count). The predicted octanol–water partition coefficient (Wildman–Crippen LogP) is 2.48. The number of H-pyrrole nitrogens is 1. The van der Waals surface area contributed by atoms with Crippen molar-refractivity contribution in [3.05, 3.63) is 88.9 Å². The van der Waals surface area contributed by atoms with E-state index in [4.69, 9.17) is 13.7 Å². The molecule has 1 atom stereocenters. The number of carbonyl (C=O) groups excluding carboxylic acids is 2. The largest absolute Gasteiger partial charge is 0.497 e. The molecule has 0 aliphatic carbocycles. The molecule has 1 aliphatic rings. The highest BCUT2D eigenvalue weighted by Gasteiger charge is 2.40. The molecule has 1 saturated heterocycles. The van der Waals surface area contributed by atoms with Crippen LogP contribution in [0, 0.1) is 0 Å². The Hall–Kier alpha value is -5.03. The maximum atomic E-state index is 13.1. The minimum Gasteiger partial charge on any atom is -0.497 e. The number of methoxy groups -OCH3 is 1. The van der Waals surface area contributed by atoms with E-state index in [1.807, 2.05) is 24.3 Å². The quantitative estimate of drug-likeness (QED) is 0.251. The van der Waals surface area contributed by atoms with Crippen LogP contribution in [0.4, 0.5) is 5.69 Å². The smallest absolute Gasteiger partial charge is 0.431 e. The Morgan fingerprint density at radius 2 is 1.82 bits per heavy atom. The number of benzene rings is 3. The molecule has 5 aromatic rings. The number of anilines is 1. The molecule has 11 heteroatoms. The van der Waals surface area contributed by atoms with Crippen LogP contribution in [-0.2, 0) is 16.1 Å². The van der Waals surface area contributed by atoms with Crippen molar-refractivity contribution in [3.8, 4) is 22.9 Å². The van der Waals surface area contributed by atoms with Gasteiger partial charge in [-0.05, 0) is 58.5 Å². The Morgan fingerprint density at radius 3 is 2.55 bits per heavy atom. The lowest BCUT2D eigenvalue weighted by Crippen LogP contribution is -2.44. The second kappa shape index (κ2) is 9.45. The summed E-state index contributed by atoms with van der Waals surface area (Å²) in [5.74, 6) is 0.371. The molecule has 1 fully saturated rings. The minimum atomic E-state index is -0.794. The van der Waals surface area contributed by atoms with Gasteiger partial charge in [0.1, 0.15) is 11.3 Å². The summed E-state index contributed by atoms with van der Waals surface area (Å²) in [6.45, 7) is 0.00600. The number of rotatable bonds is 7. The molecule has 1 unspecified atom stereocenters. The van der Waals surface area contributed by atoms with Crippen molar-refractivity contribution in [3.63, 3.8) is 0 Å². The van der Waals surface area contributed by atoms with E-state index in [2.05, 4.69) is 15.6 Å². The average Bonchev–Trinajstić information content (AvgIpc) is 3.62. The van der Waals surface area contributed by atoms with E-state index >= 15 is 0 Å². The van der Waals surface area contributed by atoms with Gasteiger partial charge in [-0.1, -0.05) is 12.1 Å². The number of carbonyl (C=O) groups is 2. The van der Waals surface area contributed by atoms with Gasteiger partial charge in [-0.3, -0.25) is 19.4 Å². The van der Waals surface area contributed by atoms with Crippen LogP contribution in [0.1, 0.15) is 12.1 Å². The molecule has 0 saturated carbocycles. The topological polar surface area (TPSA) is 135 Å². The van der Waals surface area contributed by atoms with Crippen molar-refractivity contribution in [2.75, 3.05) is 12.0 Å². The first-order valence-corrected chi connectivity index (χ1v) is 11.8. The van der Waals surface area contributed by atoms with E-state index < -0.39 is 17.6 Å². The van der Waals surface area contributed by atoms with Crippen LogP contribution < -0.4 is 25.3 Å². The highest BCUT2D eigenvalue weighted by molar-refractivity contribution is 6.22. The molecule has 0 bridgehead atoms. The molecule has 1 aliphatic heterocycles. The van der Waals surface area contributed by atoms with Gasteiger partial charge in [0.25, 0.3) is 5.91 Å². The number of nitrogens with zero attached hydrogens (tertiary/aromatic N) is 3. The molecule has 0 spiro atoms. The predicted molar refractivity (Wildman–Crippen MR) is 135 cm³/mol. The zero-order valence-corrected chi connectivity index (χ0v) is 20.2. The van der Waals surface area contributed by atoms with Gasteiger partial charge in [0.2, 0.25) is 17.5 Å². The third-order valence-corrected chi connectivity index (χ3v) is 6.39. The summed E-state index contributed by atoms with van der Waals surface area (Å²) in [5.41, 5.74) is 2.89. The number of ether oxygens (including phenoxy) is 1. The van der Waals surface area contributed by atoms with Crippen molar-refractivity contribution < 1.29 is 27.9 Å². The summed E-state index contributed by atoms with van der Waals surface area (Å²) in [6.07, 6.45) is -0.0377. The van der Waals surface area contributed by atoms with Crippen molar-refractivity contribution in [1.29, 1.82) is 0 Å². The van der Waals surface area contributed by atoms with Crippen LogP contribution in [0.25, 0.3) is 28.2 Å². The van der Waals surface area contributed by atoms with Crippen LogP contribution in [-0.4, -0.2) is 35.2 Å². The standard InChI is InChI=1S/C27H21N5O6/c1-36-19-12-10-18(11-13-19)32-22(27(35)38-30-32)15-28-21-14-24(33)31(26(21)34)17-8-6-16(7-9-17)25-29-20-4-2-3-5-23(20)37-25/h2-13,21,28H,14-15H2,1H3/p+1. The van der Waals surface area contributed by atoms with Crippen molar-refractivity contribution in [2.24, 2.45) is 0 Å². The van der Waals surface area contributed by atoms with Gasteiger partial charge in [-0.15, -0.1) is 0 Å². The monoisotopic (exact) mass is 512 g/mol. The third kappa shape index (κ3) is 4.14. The molecule has 3 heterocycles. The van der Waals surface area contributed by atoms with E-state index in [0.717, 1.165) is 16.0 Å². The molecule has 3 aromatic carbocycles. The number of fused-ring (bicyclic) bond motifs is 1. The van der Waals surface area contributed by atoms with E-state index in [0.29, 0.717) is 28.6 Å². The number of oxazole rings is 1. The second-order valence-electron chi connectivity index (χ2n) is 8.70. The summed E-state index contributed by atoms with van der Waals surface area (Å²) in [6, 6.07) is 20.5. The summed E-state index contributed by atoms with van der Waals surface area (Å²) in [5, 5.41) is 5.59. The fourth-order valence-corrected chi connectivity index (χ4v) is 4.41. The average molecular weight is 513 g/mol. The molecule has 38 heavy (non-hydrogen) atoms. The van der Waals surface area contributed by atoms with Crippen LogP contribution in [0.2, 0.25) is 0 Å². The number of nitrogens with one attached hydrogen (secondary N) is 2. The number of imide groups is 1. The molecular formula is C27H22N5O6+. The lowest BCUT2D eigenvalue weighted by molar-refractivity contribution is -0.677. The van der Waals surface area contributed by atoms with Crippen molar-refractivity contribution in [1.82, 2.24) is 15.6 Å². The Balaban J connectivity index is 1.17. The summed E-state index contributed by atoms with van der Waals surface area (Å²) in [4.78, 5) is 43.9. The first kappa shape index (κ1) is 23.4. The summed E-state index contributed by atoms with van der Waals surface area (Å²) >= 11 is 0. The van der Waals surface area contributed by atoms with Crippen LogP contribution in [0.3, 0.4) is 0 Å². The Morgan fingerprint density at radius 1 is 1.05 bits per heavy atom. The van der Waals surface area contributed by atoms with Gasteiger partial charge in [-0.25, -0.2) is 14.7 Å². The second-order valence-corrected chi connectivity index (χ2v) is 8.70. The van der Waals surface area contributed by atoms with E-state index in [-0.39, 0.29) is 24.6 Å². The number of aromatic nitrogens is 3. The first-order chi connectivity index (χ1) is 18.5. The Kier molecular flexibility index (Phi) is 5.81. The highest BCUT2D eigenvalue weighted by Crippen LogP contribution is 2.28. The third-order valence-electron chi connectivity index (χ3n) is 6.39. The zero-order chi connectivity index (χ0) is 26.2. The van der Waals surface area contributed by atoms with Crippen LogP contribution in [0.5, 0.6) is 5.75 Å². The molecule has 0 radical (unpaired) electrons. The molecule has 2 amide bonds. The van der Waals surface area contributed by atoms with Gasteiger partial charge < -0.3 is 9.15 Å². The first-order valence-electron chi connectivity index (χ1n) is 11.8. The van der Waals surface area contributed by atoms with Gasteiger partial charge in [-0.2, -0.15) is 0 Å². The lowest BCUT2D eigenvalue weighted by atomic mass is 10.2. The van der Waals surface area contributed by atoms with Crippen molar-refractivity contribution in [2.45, 2.75) is 19.0 Å². The zero-order valence-electron chi connectivity index (χ0n) is 20.2. The number of hydrogen-bond acceptors (Lipinski definition) is 8. The number of amides is 2. The summed E-state index contributed by atoms with van der Waals surface area (Å²) in [7, 11) is 1.56. The Labute approximate surface area is 215 Å². The van der Waals surface area contributed by atoms with Gasteiger partial charge in [0.15, 0.2) is 5.58 Å². The number of para-hydroxylation sites is 2. The number of aromatic amines is 1. The van der Waals surface area contributed by atoms with Crippen LogP contribution >= 0.6 is 0 Å². The fraction of sp³-hybridized carbons (Fsp3) is 0.148. The molecule has 11 nitrogen and oxygen atoms in total. The minimum absolute atomic E-state index is 0.00600. The lowest BCUT2D eigenvalue weighted by Gasteiger charge is -2.15. The van der Waals surface area contributed by atoms with E-state index in [1.54, 1.807) is 55.6 Å². The van der Waals surface area contributed by atoms with Gasteiger partial charge >= 0.3 is 11.3 Å². The molecule has 2 aromatic heterocycles. The van der Waals surface area contributed by atoms with E-state index in [9.17, 15) is 14.4 Å². The SMILES string of the molecule is COc1ccc(-[n+]2[nH]oc(=O)c2CNC2CC(=O)N(c3ccc(-c4nc5ccccc5o4)cc3)C2=O)cc1. The Bertz CT molecular complexity index is 1670. The summed E-state index contributed by atoms with van der Waals surface area (Å²) < 4.78 is 17.4. The van der Waals surface area contributed by atoms with Gasteiger partial charge in [0.05, 0.1) is 31.8 Å². The number of hydrogen-bond donors (Lipinski definition) is 2. The molecule has 2 N–H and O–H groups in total. The van der Waals surface area contributed by atoms with Crippen LogP contribution in [0.15, 0.2) is 86.5 Å². The van der Waals surface area contributed by atoms with E-state index in [1.165, 1.54) is 4.68 Å². The maximum Gasteiger partial charge on any atom is 0.431 e. The molecule has 190 valence electrons. The molecular weight excluding hydrogens is 490 g/mol. The highest BCUT2D eigenvalue weighted by atomic mass is 16.5. The maximum absolute atomic E-state index is 13.1. The fourth-order valence-electron chi connectivity index (χ4n) is 4.41. The van der Waals surface area contributed by atoms with Crippen molar-refractivity contribution >= 4 is 28.6 Å².